The molecule has 2 aliphatic rings. The number of anilines is 2. The highest BCUT2D eigenvalue weighted by Crippen LogP contribution is 2.36. The number of carboxylic acids is 1. The first-order valence-corrected chi connectivity index (χ1v) is 27.4. The number of hydrogen-bond acceptors (Lipinski definition) is 11. The van der Waals surface area contributed by atoms with Crippen molar-refractivity contribution < 1.29 is 47.0 Å². The minimum absolute atomic E-state index is 0. The van der Waals surface area contributed by atoms with E-state index in [-0.39, 0.29) is 90.9 Å². The summed E-state index contributed by atoms with van der Waals surface area (Å²) in [4.78, 5) is 98.3. The first-order chi connectivity index (χ1) is 40.0. The van der Waals surface area contributed by atoms with Crippen LogP contribution in [0.1, 0.15) is 127 Å². The van der Waals surface area contributed by atoms with Gasteiger partial charge in [-0.25, -0.2) is 14.8 Å². The van der Waals surface area contributed by atoms with E-state index in [1.165, 1.54) is 29.2 Å². The lowest BCUT2D eigenvalue weighted by atomic mass is 9.97. The highest BCUT2D eigenvalue weighted by Gasteiger charge is 2.41. The van der Waals surface area contributed by atoms with Gasteiger partial charge < -0.3 is 26.0 Å². The van der Waals surface area contributed by atoms with Crippen molar-refractivity contribution in [2.75, 3.05) is 11.1 Å². The first-order valence-electron chi connectivity index (χ1n) is 25.9. The lowest BCUT2D eigenvalue weighted by Crippen LogP contribution is -2.46. The molecule has 0 spiro atoms. The number of carbonyl (C=O) groups is 6. The van der Waals surface area contributed by atoms with Crippen LogP contribution in [-0.4, -0.2) is 82.2 Å². The molecule has 86 heavy (non-hydrogen) atoms. The van der Waals surface area contributed by atoms with Crippen LogP contribution in [0.25, 0.3) is 0 Å². The number of carboxylic acid groups (broad SMARTS) is 1. The number of aromatic nitrogens is 4. The number of nitrogens with one attached hydrogen (secondary N) is 1. The van der Waals surface area contributed by atoms with Gasteiger partial charge in [0.2, 0.25) is 0 Å². The van der Waals surface area contributed by atoms with E-state index in [1.807, 2.05) is 25.1 Å². The van der Waals surface area contributed by atoms with Crippen molar-refractivity contribution in [1.29, 1.82) is 0 Å². The SMILES string of the molecule is C.C.CC(c1ccc(C(=O)Nc2ccc(C(F)(F)F)cn2)c(Cl)c1)N1C(=O)c2ccc(Cl)cc2CC(=O)[C@H]1Cc1ccccn1.CC(c1ccc(C(=O)O)c(Cl)c1)N1C(=O)c2ccc(Cl)cc2CC(=O)[C@H]1Cc1ccccn1.Cc1ccc(N)nc1. The Kier molecular flexibility index (Phi) is 22.5. The average Bonchev–Trinajstić information content (AvgIpc) is 1.75. The minimum Gasteiger partial charge on any atom is -0.478 e. The molecular formula is C64H59Cl4F3N8O7. The summed E-state index contributed by atoms with van der Waals surface area (Å²) in [5.41, 5.74) is 9.90. The number of alkyl halides is 3. The molecular weight excluding hydrogens is 1190 g/mol. The number of Topliss-reactive ketones (excluding diaryl/α,β-unsaturated/α-hetero) is 2. The fourth-order valence-electron chi connectivity index (χ4n) is 9.63. The molecule has 2 unspecified atom stereocenters. The van der Waals surface area contributed by atoms with Gasteiger partial charge in [-0.15, -0.1) is 0 Å². The van der Waals surface area contributed by atoms with Crippen molar-refractivity contribution in [1.82, 2.24) is 29.7 Å². The van der Waals surface area contributed by atoms with Gasteiger partial charge in [0.25, 0.3) is 17.7 Å². The van der Waals surface area contributed by atoms with Gasteiger partial charge >= 0.3 is 12.1 Å². The number of pyridine rings is 4. The largest absolute Gasteiger partial charge is 0.478 e. The Labute approximate surface area is 515 Å². The van der Waals surface area contributed by atoms with Crippen LogP contribution in [0, 0.1) is 6.92 Å². The Morgan fingerprint density at radius 1 is 0.628 bits per heavy atom. The summed E-state index contributed by atoms with van der Waals surface area (Å²) in [6, 6.07) is 32.4. The molecule has 0 saturated heterocycles. The maximum absolute atomic E-state index is 14.0. The number of nitrogen functional groups attached to an aromatic ring is 1. The summed E-state index contributed by atoms with van der Waals surface area (Å²) in [6.45, 7) is 5.53. The Balaban J connectivity index is 0.000000244. The Hall–Kier alpha value is -8.55. The minimum atomic E-state index is -4.56. The molecule has 0 saturated carbocycles. The number of carbonyl (C=O) groups excluding carboxylic acids is 5. The highest BCUT2D eigenvalue weighted by molar-refractivity contribution is 6.35. The number of aryl methyl sites for hydroxylation is 1. The van der Waals surface area contributed by atoms with Crippen LogP contribution in [0.4, 0.5) is 24.8 Å². The Morgan fingerprint density at radius 3 is 1.50 bits per heavy atom. The smallest absolute Gasteiger partial charge is 0.417 e. The van der Waals surface area contributed by atoms with E-state index in [9.17, 15) is 47.0 Å². The lowest BCUT2D eigenvalue weighted by molar-refractivity contribution is -0.137. The maximum atomic E-state index is 14.0. The second-order valence-electron chi connectivity index (χ2n) is 19.7. The Bertz CT molecular complexity index is 3750. The molecule has 0 radical (unpaired) electrons. The maximum Gasteiger partial charge on any atom is 0.417 e. The quantitative estimate of drug-likeness (QED) is 0.110. The molecule has 446 valence electrons. The number of fused-ring (bicyclic) bond motifs is 2. The molecule has 6 heterocycles. The number of halogens is 7. The van der Waals surface area contributed by atoms with Crippen LogP contribution in [0.5, 0.6) is 0 Å². The van der Waals surface area contributed by atoms with Gasteiger partial charge in [0.15, 0.2) is 11.6 Å². The summed E-state index contributed by atoms with van der Waals surface area (Å²) in [6.07, 6.45) is 1.59. The molecule has 0 aliphatic carbocycles. The third-order valence-corrected chi connectivity index (χ3v) is 15.1. The third-order valence-electron chi connectivity index (χ3n) is 14.0. The number of hydrogen-bond donors (Lipinski definition) is 3. The van der Waals surface area contributed by atoms with Gasteiger partial charge in [0.05, 0.1) is 50.9 Å². The zero-order chi connectivity index (χ0) is 60.6. The molecule has 22 heteroatoms. The molecule has 3 amide bonds. The molecule has 4 N–H and O–H groups in total. The van der Waals surface area contributed by atoms with Crippen molar-refractivity contribution in [2.24, 2.45) is 0 Å². The van der Waals surface area contributed by atoms with E-state index in [2.05, 4.69) is 25.3 Å². The van der Waals surface area contributed by atoms with Gasteiger partial charge in [-0.2, -0.15) is 13.2 Å². The van der Waals surface area contributed by atoms with E-state index in [4.69, 9.17) is 52.1 Å². The standard InChI is InChI=1S/C31H23Cl2F3N4O3.C25H20Cl2N2O4.C6H8N2.2CH4/c1-17(18-5-8-24(25(33)13-18)29(42)39-28-10-6-20(16-38-28)31(34,35)36)40-26(15-22-4-2-3-11-37-22)27(41)14-19-12-21(32)7-9-23(19)30(40)43;1-14(15-5-7-20(25(32)33)21(27)11-15)29-22(13-18-4-2-3-9-28-18)23(30)12-16-10-17(26)6-8-19(16)24(29)31;1-5-2-3-6(7)8-4-5;;/h2-13,16-17,26H,14-15H2,1H3,(H,38,39,42);2-11,14,22H,12-13H2,1H3,(H,32,33);2-4H,1H3,(H2,7,8);2*1H4/t17?,26-;14?,22-;;;/m11.../s1. The Morgan fingerprint density at radius 2 is 1.12 bits per heavy atom. The van der Waals surface area contributed by atoms with Crippen molar-refractivity contribution in [3.63, 3.8) is 0 Å². The molecule has 0 fully saturated rings. The summed E-state index contributed by atoms with van der Waals surface area (Å²) >= 11 is 25.0. The summed E-state index contributed by atoms with van der Waals surface area (Å²) < 4.78 is 38.5. The van der Waals surface area contributed by atoms with Crippen LogP contribution >= 0.6 is 46.4 Å². The van der Waals surface area contributed by atoms with E-state index < -0.39 is 47.8 Å². The zero-order valence-corrected chi connectivity index (χ0v) is 48.0. The van der Waals surface area contributed by atoms with E-state index >= 15 is 0 Å². The second kappa shape index (κ2) is 29.0. The number of amides is 3. The van der Waals surface area contributed by atoms with E-state index in [0.29, 0.717) is 66.8 Å². The fraction of sp³-hybridized carbons (Fsp3) is 0.219. The van der Waals surface area contributed by atoms with E-state index in [1.54, 1.807) is 116 Å². The topological polar surface area (TPSA) is 219 Å². The number of nitrogens with two attached hydrogens (primary N) is 1. The van der Waals surface area contributed by atoms with Crippen LogP contribution in [0.3, 0.4) is 0 Å². The molecule has 4 atom stereocenters. The lowest BCUT2D eigenvalue weighted by Gasteiger charge is -2.35. The molecule has 15 nitrogen and oxygen atoms in total. The van der Waals surface area contributed by atoms with Gasteiger partial charge in [-0.3, -0.25) is 33.9 Å². The summed E-state index contributed by atoms with van der Waals surface area (Å²) in [5.74, 6) is -2.31. The van der Waals surface area contributed by atoms with Crippen molar-refractivity contribution in [3.8, 4) is 0 Å². The average molecular weight is 1250 g/mol. The van der Waals surface area contributed by atoms with Gasteiger partial charge in [-0.1, -0.05) is 91.6 Å². The van der Waals surface area contributed by atoms with Gasteiger partial charge in [0.1, 0.15) is 11.6 Å². The van der Waals surface area contributed by atoms with Crippen LogP contribution in [0.2, 0.25) is 20.1 Å². The van der Waals surface area contributed by atoms with Crippen molar-refractivity contribution in [2.45, 2.75) is 91.7 Å². The third kappa shape index (κ3) is 16.0. The summed E-state index contributed by atoms with van der Waals surface area (Å²) in [7, 11) is 0. The molecule has 10 rings (SSSR count). The number of ketones is 2. The van der Waals surface area contributed by atoms with Crippen LogP contribution in [0.15, 0.2) is 158 Å². The first kappa shape index (κ1) is 66.6. The predicted molar refractivity (Wildman–Crippen MR) is 327 cm³/mol. The van der Waals surface area contributed by atoms with Crippen LogP contribution < -0.4 is 11.1 Å². The van der Waals surface area contributed by atoms with Gasteiger partial charge in [-0.05, 0) is 152 Å². The number of aromatic carboxylic acids is 1. The monoisotopic (exact) mass is 1250 g/mol. The number of nitrogens with zero attached hydrogens (tertiary/aromatic N) is 6. The van der Waals surface area contributed by atoms with Crippen LogP contribution in [-0.2, 0) is 41.4 Å². The normalized spacial score (nSPS) is 15.3. The zero-order valence-electron chi connectivity index (χ0n) is 45.0. The molecule has 4 aromatic heterocycles. The predicted octanol–water partition coefficient (Wildman–Crippen LogP) is 14.3. The van der Waals surface area contributed by atoms with Crippen molar-refractivity contribution >= 4 is 93.3 Å². The summed E-state index contributed by atoms with van der Waals surface area (Å²) in [5, 5.41) is 12.7. The van der Waals surface area contributed by atoms with Gasteiger partial charge in [0, 0.05) is 83.0 Å². The van der Waals surface area contributed by atoms with Crippen molar-refractivity contribution in [3.05, 3.63) is 245 Å². The number of rotatable bonds is 11. The number of benzene rings is 4. The molecule has 4 aromatic carbocycles. The highest BCUT2D eigenvalue weighted by atomic mass is 35.5. The fourth-order valence-corrected chi connectivity index (χ4v) is 10.6. The second-order valence-corrected chi connectivity index (χ2v) is 21.4. The molecule has 0 bridgehead atoms. The molecule has 2 aliphatic heterocycles. The molecule has 8 aromatic rings. The van der Waals surface area contributed by atoms with E-state index in [0.717, 1.165) is 17.7 Å².